The van der Waals surface area contributed by atoms with E-state index in [0.717, 1.165) is 35.9 Å². The second kappa shape index (κ2) is 6.89. The van der Waals surface area contributed by atoms with Crippen LogP contribution in [0.3, 0.4) is 0 Å². The predicted octanol–water partition coefficient (Wildman–Crippen LogP) is 3.79. The van der Waals surface area contributed by atoms with Crippen LogP contribution in [0.2, 0.25) is 0 Å². The van der Waals surface area contributed by atoms with Crippen molar-refractivity contribution in [2.24, 2.45) is 0 Å². The lowest BCUT2D eigenvalue weighted by Gasteiger charge is -2.15. The molecule has 0 aliphatic carbocycles. The highest BCUT2D eigenvalue weighted by atomic mass is 15.1. The summed E-state index contributed by atoms with van der Waals surface area (Å²) >= 11 is 0. The van der Waals surface area contributed by atoms with E-state index in [1.165, 1.54) is 0 Å². The number of aromatic nitrogens is 2. The largest absolute Gasteiger partial charge is 0.373 e. The van der Waals surface area contributed by atoms with E-state index in [9.17, 15) is 0 Å². The van der Waals surface area contributed by atoms with E-state index in [4.69, 9.17) is 0 Å². The van der Waals surface area contributed by atoms with Crippen LogP contribution < -0.4 is 10.6 Å². The van der Waals surface area contributed by atoms with Crippen molar-refractivity contribution >= 4 is 11.6 Å². The standard InChI is InChI=1S/C16H22N4/c1-4-8-12(2)18-15-11-14(17-3)19-16(20-15)13-9-6-5-7-10-13/h5-7,9-12H,4,8H2,1-3H3,(H2,17,18,19,20). The summed E-state index contributed by atoms with van der Waals surface area (Å²) in [7, 11) is 1.87. The number of nitrogens with zero attached hydrogens (tertiary/aromatic N) is 2. The van der Waals surface area contributed by atoms with Crippen LogP contribution in [0, 0.1) is 0 Å². The molecule has 1 heterocycles. The maximum atomic E-state index is 4.61. The first-order valence-electron chi connectivity index (χ1n) is 7.11. The average molecular weight is 270 g/mol. The molecule has 1 unspecified atom stereocenters. The van der Waals surface area contributed by atoms with Gasteiger partial charge >= 0.3 is 0 Å². The van der Waals surface area contributed by atoms with Gasteiger partial charge in [0.15, 0.2) is 5.82 Å². The Hall–Kier alpha value is -2.10. The number of benzene rings is 1. The Morgan fingerprint density at radius 1 is 1.10 bits per heavy atom. The van der Waals surface area contributed by atoms with Gasteiger partial charge in [-0.25, -0.2) is 9.97 Å². The molecule has 0 saturated carbocycles. The summed E-state index contributed by atoms with van der Waals surface area (Å²) in [6.45, 7) is 4.36. The molecule has 0 spiro atoms. The minimum Gasteiger partial charge on any atom is -0.373 e. The molecule has 0 radical (unpaired) electrons. The average Bonchev–Trinajstić information content (AvgIpc) is 2.48. The van der Waals surface area contributed by atoms with Crippen molar-refractivity contribution < 1.29 is 0 Å². The normalized spacial score (nSPS) is 11.9. The molecule has 1 aromatic heterocycles. The van der Waals surface area contributed by atoms with Crippen molar-refractivity contribution in [2.75, 3.05) is 17.7 Å². The van der Waals surface area contributed by atoms with Crippen LogP contribution in [0.15, 0.2) is 36.4 Å². The third kappa shape index (κ3) is 3.70. The minimum atomic E-state index is 0.406. The Balaban J connectivity index is 2.29. The van der Waals surface area contributed by atoms with Gasteiger partial charge in [-0.05, 0) is 13.3 Å². The van der Waals surface area contributed by atoms with Crippen molar-refractivity contribution in [2.45, 2.75) is 32.7 Å². The molecule has 4 heteroatoms. The first-order chi connectivity index (χ1) is 9.72. The number of hydrogen-bond donors (Lipinski definition) is 2. The third-order valence-corrected chi connectivity index (χ3v) is 3.13. The fraction of sp³-hybridized carbons (Fsp3) is 0.375. The lowest BCUT2D eigenvalue weighted by Crippen LogP contribution is -2.16. The fourth-order valence-corrected chi connectivity index (χ4v) is 2.12. The van der Waals surface area contributed by atoms with Gasteiger partial charge in [0, 0.05) is 24.7 Å². The second-order valence-electron chi connectivity index (χ2n) is 4.91. The molecule has 0 aliphatic heterocycles. The lowest BCUT2D eigenvalue weighted by molar-refractivity contribution is 0.687. The summed E-state index contributed by atoms with van der Waals surface area (Å²) in [5, 5.41) is 6.53. The number of rotatable bonds is 6. The van der Waals surface area contributed by atoms with Crippen LogP contribution in [-0.4, -0.2) is 23.1 Å². The molecule has 0 bridgehead atoms. The van der Waals surface area contributed by atoms with E-state index >= 15 is 0 Å². The van der Waals surface area contributed by atoms with Crippen LogP contribution >= 0.6 is 0 Å². The molecule has 1 aromatic carbocycles. The Morgan fingerprint density at radius 3 is 2.45 bits per heavy atom. The van der Waals surface area contributed by atoms with E-state index in [2.05, 4.69) is 34.4 Å². The van der Waals surface area contributed by atoms with Gasteiger partial charge in [0.1, 0.15) is 11.6 Å². The van der Waals surface area contributed by atoms with Gasteiger partial charge in [0.2, 0.25) is 0 Å². The first kappa shape index (κ1) is 14.3. The molecule has 0 aliphatic rings. The Bertz CT molecular complexity index is 539. The van der Waals surface area contributed by atoms with Crippen LogP contribution in [0.1, 0.15) is 26.7 Å². The minimum absolute atomic E-state index is 0.406. The zero-order valence-corrected chi connectivity index (χ0v) is 12.4. The molecule has 2 N–H and O–H groups in total. The Kier molecular flexibility index (Phi) is 4.93. The van der Waals surface area contributed by atoms with Crippen molar-refractivity contribution in [3.05, 3.63) is 36.4 Å². The van der Waals surface area contributed by atoms with Crippen LogP contribution in [0.25, 0.3) is 11.4 Å². The zero-order valence-electron chi connectivity index (χ0n) is 12.4. The maximum absolute atomic E-state index is 4.61. The lowest BCUT2D eigenvalue weighted by atomic mass is 10.2. The molecule has 0 fully saturated rings. The predicted molar refractivity (Wildman–Crippen MR) is 85.0 cm³/mol. The molecular formula is C16H22N4. The Labute approximate surface area is 120 Å². The van der Waals surface area contributed by atoms with Crippen molar-refractivity contribution in [3.8, 4) is 11.4 Å². The topological polar surface area (TPSA) is 49.8 Å². The molecule has 2 rings (SSSR count). The Morgan fingerprint density at radius 2 is 1.80 bits per heavy atom. The van der Waals surface area contributed by atoms with Crippen molar-refractivity contribution in [3.63, 3.8) is 0 Å². The summed E-state index contributed by atoms with van der Waals surface area (Å²) in [6.07, 6.45) is 2.28. The zero-order chi connectivity index (χ0) is 14.4. The van der Waals surface area contributed by atoms with Gasteiger partial charge in [0.25, 0.3) is 0 Å². The summed E-state index contributed by atoms with van der Waals surface area (Å²) in [5.74, 6) is 2.43. The molecule has 0 saturated heterocycles. The molecule has 0 amide bonds. The van der Waals surface area contributed by atoms with Gasteiger partial charge < -0.3 is 10.6 Å². The van der Waals surface area contributed by atoms with Gasteiger partial charge in [0.05, 0.1) is 0 Å². The first-order valence-corrected chi connectivity index (χ1v) is 7.11. The quantitative estimate of drug-likeness (QED) is 0.838. The molecule has 106 valence electrons. The van der Waals surface area contributed by atoms with E-state index in [0.29, 0.717) is 6.04 Å². The van der Waals surface area contributed by atoms with Crippen molar-refractivity contribution in [1.82, 2.24) is 9.97 Å². The van der Waals surface area contributed by atoms with Gasteiger partial charge in [-0.2, -0.15) is 0 Å². The fourth-order valence-electron chi connectivity index (χ4n) is 2.12. The summed E-state index contributed by atoms with van der Waals surface area (Å²) < 4.78 is 0. The number of anilines is 2. The molecule has 1 atom stereocenters. The van der Waals surface area contributed by atoms with Crippen LogP contribution in [0.4, 0.5) is 11.6 Å². The van der Waals surface area contributed by atoms with Gasteiger partial charge in [-0.3, -0.25) is 0 Å². The van der Waals surface area contributed by atoms with Crippen LogP contribution in [0.5, 0.6) is 0 Å². The summed E-state index contributed by atoms with van der Waals surface area (Å²) in [5.41, 5.74) is 1.02. The van der Waals surface area contributed by atoms with E-state index in [1.54, 1.807) is 0 Å². The molecule has 2 aromatic rings. The van der Waals surface area contributed by atoms with Gasteiger partial charge in [-0.1, -0.05) is 43.7 Å². The molecular weight excluding hydrogens is 248 g/mol. The SMILES string of the molecule is CCCC(C)Nc1cc(NC)nc(-c2ccccc2)n1. The van der Waals surface area contributed by atoms with Crippen molar-refractivity contribution in [1.29, 1.82) is 0 Å². The second-order valence-corrected chi connectivity index (χ2v) is 4.91. The molecule has 20 heavy (non-hydrogen) atoms. The van der Waals surface area contributed by atoms with Gasteiger partial charge in [-0.15, -0.1) is 0 Å². The van der Waals surface area contributed by atoms with Crippen LogP contribution in [-0.2, 0) is 0 Å². The van der Waals surface area contributed by atoms with E-state index in [-0.39, 0.29) is 0 Å². The highest BCUT2D eigenvalue weighted by molar-refractivity contribution is 5.61. The third-order valence-electron chi connectivity index (χ3n) is 3.13. The summed E-state index contributed by atoms with van der Waals surface area (Å²) in [6, 6.07) is 12.4. The highest BCUT2D eigenvalue weighted by Gasteiger charge is 2.08. The number of hydrogen-bond acceptors (Lipinski definition) is 4. The smallest absolute Gasteiger partial charge is 0.163 e. The highest BCUT2D eigenvalue weighted by Crippen LogP contribution is 2.20. The van der Waals surface area contributed by atoms with E-state index in [1.807, 2.05) is 43.4 Å². The monoisotopic (exact) mass is 270 g/mol. The summed E-state index contributed by atoms with van der Waals surface area (Å²) in [4.78, 5) is 9.12. The molecule has 4 nitrogen and oxygen atoms in total. The number of nitrogens with one attached hydrogen (secondary N) is 2. The maximum Gasteiger partial charge on any atom is 0.163 e. The van der Waals surface area contributed by atoms with E-state index < -0.39 is 0 Å².